The standard InChI is InChI=1S/C11H15ClN2OS/c1-2-15-6-5-14-8-3-4-9(11(13)16)10(12)7-8/h3-4,7,14H,2,5-6H2,1H3,(H2,13,16). The topological polar surface area (TPSA) is 47.3 Å². The molecule has 0 atom stereocenters. The van der Waals surface area contributed by atoms with E-state index in [0.717, 1.165) is 18.8 Å². The number of thiocarbonyl (C=S) groups is 1. The minimum Gasteiger partial charge on any atom is -0.389 e. The van der Waals surface area contributed by atoms with Crippen LogP contribution in [0, 0.1) is 0 Å². The first-order valence-electron chi connectivity index (χ1n) is 5.06. The van der Waals surface area contributed by atoms with Gasteiger partial charge in [0.25, 0.3) is 0 Å². The van der Waals surface area contributed by atoms with Gasteiger partial charge in [-0.1, -0.05) is 23.8 Å². The van der Waals surface area contributed by atoms with Crippen molar-refractivity contribution in [3.63, 3.8) is 0 Å². The zero-order valence-corrected chi connectivity index (χ0v) is 10.7. The van der Waals surface area contributed by atoms with Gasteiger partial charge >= 0.3 is 0 Å². The van der Waals surface area contributed by atoms with Crippen LogP contribution in [0.15, 0.2) is 18.2 Å². The monoisotopic (exact) mass is 258 g/mol. The lowest BCUT2D eigenvalue weighted by molar-refractivity contribution is 0.158. The molecule has 0 amide bonds. The Morgan fingerprint density at radius 2 is 2.31 bits per heavy atom. The molecular weight excluding hydrogens is 244 g/mol. The number of rotatable bonds is 6. The van der Waals surface area contributed by atoms with E-state index in [2.05, 4.69) is 5.32 Å². The molecule has 0 radical (unpaired) electrons. The number of hydrogen-bond donors (Lipinski definition) is 2. The summed E-state index contributed by atoms with van der Waals surface area (Å²) in [5, 5.41) is 3.76. The Morgan fingerprint density at radius 3 is 2.88 bits per heavy atom. The predicted molar refractivity (Wildman–Crippen MR) is 72.3 cm³/mol. The van der Waals surface area contributed by atoms with Gasteiger partial charge in [-0.15, -0.1) is 0 Å². The number of nitrogens with two attached hydrogens (primary N) is 1. The zero-order valence-electron chi connectivity index (χ0n) is 9.13. The predicted octanol–water partition coefficient (Wildman–Crippen LogP) is 2.42. The first kappa shape index (κ1) is 13.2. The van der Waals surface area contributed by atoms with E-state index in [4.69, 9.17) is 34.3 Å². The van der Waals surface area contributed by atoms with Gasteiger partial charge in [-0.25, -0.2) is 0 Å². The quantitative estimate of drug-likeness (QED) is 0.608. The molecule has 0 spiro atoms. The van der Waals surface area contributed by atoms with E-state index in [-0.39, 0.29) is 0 Å². The molecule has 5 heteroatoms. The molecule has 0 saturated heterocycles. The molecule has 0 aliphatic heterocycles. The van der Waals surface area contributed by atoms with Crippen LogP contribution < -0.4 is 11.1 Å². The summed E-state index contributed by atoms with van der Waals surface area (Å²) in [5.74, 6) is 0. The van der Waals surface area contributed by atoms with Crippen LogP contribution in [0.5, 0.6) is 0 Å². The van der Waals surface area contributed by atoms with E-state index in [9.17, 15) is 0 Å². The van der Waals surface area contributed by atoms with Crippen molar-refractivity contribution >= 4 is 34.5 Å². The first-order valence-corrected chi connectivity index (χ1v) is 5.84. The van der Waals surface area contributed by atoms with Crippen molar-refractivity contribution in [2.75, 3.05) is 25.1 Å². The smallest absolute Gasteiger partial charge is 0.105 e. The Bertz CT molecular complexity index is 371. The molecule has 0 saturated carbocycles. The fourth-order valence-electron chi connectivity index (χ4n) is 1.24. The van der Waals surface area contributed by atoms with E-state index >= 15 is 0 Å². The number of halogens is 1. The van der Waals surface area contributed by atoms with Crippen molar-refractivity contribution in [1.29, 1.82) is 0 Å². The molecule has 3 nitrogen and oxygen atoms in total. The molecule has 1 aromatic rings. The Hall–Kier alpha value is -0.840. The van der Waals surface area contributed by atoms with Crippen LogP contribution >= 0.6 is 23.8 Å². The molecule has 0 unspecified atom stereocenters. The van der Waals surface area contributed by atoms with E-state index in [1.165, 1.54) is 0 Å². The highest BCUT2D eigenvalue weighted by atomic mass is 35.5. The molecule has 1 rings (SSSR count). The van der Waals surface area contributed by atoms with E-state index in [1.807, 2.05) is 25.1 Å². The SMILES string of the molecule is CCOCCNc1ccc(C(N)=S)c(Cl)c1. The summed E-state index contributed by atoms with van der Waals surface area (Å²) in [6, 6.07) is 5.52. The summed E-state index contributed by atoms with van der Waals surface area (Å²) in [5.41, 5.74) is 7.15. The Kier molecular flexibility index (Phi) is 5.52. The Morgan fingerprint density at radius 1 is 1.56 bits per heavy atom. The molecule has 0 aliphatic carbocycles. The minimum atomic E-state index is 0.311. The number of anilines is 1. The average Bonchev–Trinajstić information content (AvgIpc) is 2.24. The second kappa shape index (κ2) is 6.68. The lowest BCUT2D eigenvalue weighted by atomic mass is 10.2. The van der Waals surface area contributed by atoms with Gasteiger partial charge in [-0.3, -0.25) is 0 Å². The summed E-state index contributed by atoms with van der Waals surface area (Å²) in [6.45, 7) is 4.11. The number of benzene rings is 1. The highest BCUT2D eigenvalue weighted by Crippen LogP contribution is 2.20. The van der Waals surface area contributed by atoms with E-state index in [0.29, 0.717) is 22.2 Å². The van der Waals surface area contributed by atoms with Gasteiger partial charge in [0.1, 0.15) is 4.99 Å². The Labute approximate surface area is 106 Å². The first-order chi connectivity index (χ1) is 7.65. The van der Waals surface area contributed by atoms with Gasteiger partial charge in [0.2, 0.25) is 0 Å². The number of hydrogen-bond acceptors (Lipinski definition) is 3. The molecule has 16 heavy (non-hydrogen) atoms. The molecule has 0 aliphatic rings. The second-order valence-corrected chi connectivity index (χ2v) is 4.03. The number of nitrogens with one attached hydrogen (secondary N) is 1. The van der Waals surface area contributed by atoms with Crippen LogP contribution in [0.3, 0.4) is 0 Å². The molecule has 0 bridgehead atoms. The average molecular weight is 259 g/mol. The van der Waals surface area contributed by atoms with E-state index in [1.54, 1.807) is 0 Å². The van der Waals surface area contributed by atoms with Crippen molar-refractivity contribution in [2.24, 2.45) is 5.73 Å². The maximum Gasteiger partial charge on any atom is 0.105 e. The minimum absolute atomic E-state index is 0.311. The fraction of sp³-hybridized carbons (Fsp3) is 0.364. The van der Waals surface area contributed by atoms with Crippen molar-refractivity contribution in [1.82, 2.24) is 0 Å². The van der Waals surface area contributed by atoms with Gasteiger partial charge in [-0.05, 0) is 25.1 Å². The fourth-order valence-corrected chi connectivity index (χ4v) is 1.75. The maximum absolute atomic E-state index is 6.03. The van der Waals surface area contributed by atoms with Crippen LogP contribution in [0.1, 0.15) is 12.5 Å². The summed E-state index contributed by atoms with van der Waals surface area (Å²) >= 11 is 10.9. The van der Waals surface area contributed by atoms with Crippen molar-refractivity contribution < 1.29 is 4.74 Å². The highest BCUT2D eigenvalue weighted by molar-refractivity contribution is 7.80. The molecule has 1 aromatic carbocycles. The van der Waals surface area contributed by atoms with Crippen LogP contribution in [-0.2, 0) is 4.74 Å². The van der Waals surface area contributed by atoms with Gasteiger partial charge in [0.05, 0.1) is 11.6 Å². The summed E-state index contributed by atoms with van der Waals surface area (Å²) in [6.07, 6.45) is 0. The van der Waals surface area contributed by atoms with Crippen molar-refractivity contribution in [3.05, 3.63) is 28.8 Å². The molecule has 0 fully saturated rings. The third-order valence-electron chi connectivity index (χ3n) is 2.01. The zero-order chi connectivity index (χ0) is 12.0. The summed E-state index contributed by atoms with van der Waals surface area (Å²) in [7, 11) is 0. The highest BCUT2D eigenvalue weighted by Gasteiger charge is 2.03. The normalized spacial score (nSPS) is 10.1. The molecule has 0 aromatic heterocycles. The van der Waals surface area contributed by atoms with Gasteiger partial charge in [0, 0.05) is 24.4 Å². The third-order valence-corrected chi connectivity index (χ3v) is 2.55. The third kappa shape index (κ3) is 3.96. The molecule has 88 valence electrons. The van der Waals surface area contributed by atoms with Gasteiger partial charge in [0.15, 0.2) is 0 Å². The molecule has 0 heterocycles. The molecule has 3 N–H and O–H groups in total. The van der Waals surface area contributed by atoms with Crippen LogP contribution in [0.4, 0.5) is 5.69 Å². The van der Waals surface area contributed by atoms with E-state index < -0.39 is 0 Å². The van der Waals surface area contributed by atoms with Gasteiger partial charge in [-0.2, -0.15) is 0 Å². The lowest BCUT2D eigenvalue weighted by Crippen LogP contribution is -2.11. The maximum atomic E-state index is 6.03. The largest absolute Gasteiger partial charge is 0.389 e. The number of ether oxygens (including phenoxy) is 1. The lowest BCUT2D eigenvalue weighted by Gasteiger charge is -2.08. The van der Waals surface area contributed by atoms with Gasteiger partial charge < -0.3 is 15.8 Å². The van der Waals surface area contributed by atoms with Crippen molar-refractivity contribution in [3.8, 4) is 0 Å². The molecular formula is C11H15ClN2OS. The van der Waals surface area contributed by atoms with Crippen molar-refractivity contribution in [2.45, 2.75) is 6.92 Å². The Balaban J connectivity index is 2.56. The second-order valence-electron chi connectivity index (χ2n) is 3.18. The van der Waals surface area contributed by atoms with Crippen LogP contribution in [0.25, 0.3) is 0 Å². The summed E-state index contributed by atoms with van der Waals surface area (Å²) < 4.78 is 5.21. The summed E-state index contributed by atoms with van der Waals surface area (Å²) in [4.78, 5) is 0.311. The van der Waals surface area contributed by atoms with Crippen LogP contribution in [-0.4, -0.2) is 24.7 Å². The van der Waals surface area contributed by atoms with Crippen LogP contribution in [0.2, 0.25) is 5.02 Å².